The van der Waals surface area contributed by atoms with E-state index in [1.807, 2.05) is 18.2 Å². The van der Waals surface area contributed by atoms with Crippen LogP contribution in [0.5, 0.6) is 17.2 Å². The molecule has 0 unspecified atom stereocenters. The molecule has 1 heterocycles. The number of nitrogens with one attached hydrogen (secondary N) is 1. The van der Waals surface area contributed by atoms with Crippen LogP contribution in [0.4, 0.5) is 0 Å². The Kier molecular flexibility index (Phi) is 8.21. The van der Waals surface area contributed by atoms with Gasteiger partial charge < -0.3 is 28.7 Å². The smallest absolute Gasteiger partial charge is 0.310 e. The van der Waals surface area contributed by atoms with E-state index in [0.717, 1.165) is 5.56 Å². The van der Waals surface area contributed by atoms with E-state index in [1.165, 1.54) is 21.3 Å². The first-order valence-electron chi connectivity index (χ1n) is 9.99. The third-order valence-electron chi connectivity index (χ3n) is 4.69. The quantitative estimate of drug-likeness (QED) is 0.444. The Balaban J connectivity index is 1.48. The predicted molar refractivity (Wildman–Crippen MR) is 122 cm³/mol. The third-order valence-corrected chi connectivity index (χ3v) is 4.94. The number of esters is 1. The molecule has 0 radical (unpaired) electrons. The standard InChI is InChI=1S/C24H24ClNO7/c1-29-20-10-15(11-21(30-2)24(20)31-3)12-23(28)32-14-22(27)26-13-18-8-9-19(33-18)16-4-6-17(25)7-5-16/h4-11H,12-14H2,1-3H3,(H,26,27). The van der Waals surface area contributed by atoms with Crippen molar-refractivity contribution in [3.05, 3.63) is 64.9 Å². The van der Waals surface area contributed by atoms with Crippen LogP contribution in [-0.2, 0) is 27.3 Å². The van der Waals surface area contributed by atoms with Crippen molar-refractivity contribution in [2.45, 2.75) is 13.0 Å². The zero-order valence-corrected chi connectivity index (χ0v) is 19.2. The van der Waals surface area contributed by atoms with E-state index in [2.05, 4.69) is 5.32 Å². The van der Waals surface area contributed by atoms with E-state index < -0.39 is 18.5 Å². The van der Waals surface area contributed by atoms with Crippen LogP contribution in [0.1, 0.15) is 11.3 Å². The maximum Gasteiger partial charge on any atom is 0.310 e. The molecular weight excluding hydrogens is 450 g/mol. The summed E-state index contributed by atoms with van der Waals surface area (Å²) in [5, 5.41) is 3.29. The fourth-order valence-corrected chi connectivity index (χ4v) is 3.21. The van der Waals surface area contributed by atoms with E-state index in [4.69, 9.17) is 35.0 Å². The Morgan fingerprint density at radius 2 is 1.61 bits per heavy atom. The van der Waals surface area contributed by atoms with Gasteiger partial charge in [0.15, 0.2) is 18.1 Å². The molecule has 1 aromatic heterocycles. The molecule has 0 saturated carbocycles. The van der Waals surface area contributed by atoms with Gasteiger partial charge in [0.1, 0.15) is 11.5 Å². The number of carbonyl (C=O) groups excluding carboxylic acids is 2. The molecule has 174 valence electrons. The number of hydrogen-bond donors (Lipinski definition) is 1. The molecule has 9 heteroatoms. The Morgan fingerprint density at radius 3 is 2.21 bits per heavy atom. The van der Waals surface area contributed by atoms with Crippen molar-refractivity contribution in [1.82, 2.24) is 5.32 Å². The Morgan fingerprint density at radius 1 is 0.939 bits per heavy atom. The van der Waals surface area contributed by atoms with E-state index in [9.17, 15) is 9.59 Å². The zero-order valence-electron chi connectivity index (χ0n) is 18.5. The zero-order chi connectivity index (χ0) is 23.8. The Labute approximate surface area is 196 Å². The van der Waals surface area contributed by atoms with Gasteiger partial charge >= 0.3 is 5.97 Å². The molecule has 0 bridgehead atoms. The molecule has 0 aliphatic carbocycles. The van der Waals surface area contributed by atoms with Crippen molar-refractivity contribution in [1.29, 1.82) is 0 Å². The molecule has 3 rings (SSSR count). The lowest BCUT2D eigenvalue weighted by atomic mass is 10.1. The lowest BCUT2D eigenvalue weighted by Gasteiger charge is -2.14. The monoisotopic (exact) mass is 473 g/mol. The van der Waals surface area contributed by atoms with Crippen LogP contribution in [0.3, 0.4) is 0 Å². The van der Waals surface area contributed by atoms with Crippen LogP contribution in [-0.4, -0.2) is 39.8 Å². The number of halogens is 1. The second kappa shape index (κ2) is 11.3. The van der Waals surface area contributed by atoms with Gasteiger partial charge in [-0.15, -0.1) is 0 Å². The van der Waals surface area contributed by atoms with Crippen molar-refractivity contribution >= 4 is 23.5 Å². The predicted octanol–water partition coefficient (Wildman–Crippen LogP) is 4.03. The van der Waals surface area contributed by atoms with Crippen molar-refractivity contribution in [2.75, 3.05) is 27.9 Å². The molecule has 2 aromatic carbocycles. The fourth-order valence-electron chi connectivity index (χ4n) is 3.08. The first-order valence-corrected chi connectivity index (χ1v) is 10.4. The van der Waals surface area contributed by atoms with Crippen LogP contribution in [0.25, 0.3) is 11.3 Å². The first-order chi connectivity index (χ1) is 15.9. The van der Waals surface area contributed by atoms with Gasteiger partial charge in [-0.25, -0.2) is 0 Å². The summed E-state index contributed by atoms with van der Waals surface area (Å²) in [6.45, 7) is -0.245. The van der Waals surface area contributed by atoms with Gasteiger partial charge in [0.05, 0.1) is 34.3 Å². The maximum absolute atomic E-state index is 12.2. The molecule has 0 aliphatic rings. The highest BCUT2D eigenvalue weighted by Gasteiger charge is 2.16. The minimum absolute atomic E-state index is 0.0629. The Bertz CT molecular complexity index is 1080. The first kappa shape index (κ1) is 24.0. The van der Waals surface area contributed by atoms with Crippen molar-refractivity contribution in [3.8, 4) is 28.6 Å². The van der Waals surface area contributed by atoms with Gasteiger partial charge in [0.2, 0.25) is 5.75 Å². The second-order valence-electron chi connectivity index (χ2n) is 6.92. The Hall–Kier alpha value is -3.65. The summed E-state index contributed by atoms with van der Waals surface area (Å²) >= 11 is 5.90. The van der Waals surface area contributed by atoms with Gasteiger partial charge in [-0.1, -0.05) is 11.6 Å². The summed E-state index contributed by atoms with van der Waals surface area (Å²) in [4.78, 5) is 24.3. The molecular formula is C24H24ClNO7. The fraction of sp³-hybridized carbons (Fsp3) is 0.250. The summed E-state index contributed by atoms with van der Waals surface area (Å²) in [5.41, 5.74) is 1.47. The van der Waals surface area contributed by atoms with E-state index in [0.29, 0.717) is 39.4 Å². The SMILES string of the molecule is COc1cc(CC(=O)OCC(=O)NCc2ccc(-c3ccc(Cl)cc3)o2)cc(OC)c1OC. The number of furan rings is 1. The van der Waals surface area contributed by atoms with Crippen molar-refractivity contribution in [2.24, 2.45) is 0 Å². The number of ether oxygens (including phenoxy) is 4. The maximum atomic E-state index is 12.2. The molecule has 0 aliphatic heterocycles. The number of carbonyl (C=O) groups is 2. The number of methoxy groups -OCH3 is 3. The molecule has 0 saturated heterocycles. The van der Waals surface area contributed by atoms with E-state index >= 15 is 0 Å². The summed E-state index contributed by atoms with van der Waals surface area (Å²) < 4.78 is 26.6. The van der Waals surface area contributed by atoms with Crippen LogP contribution in [0.15, 0.2) is 52.9 Å². The molecule has 33 heavy (non-hydrogen) atoms. The largest absolute Gasteiger partial charge is 0.493 e. The van der Waals surface area contributed by atoms with Crippen molar-refractivity contribution in [3.63, 3.8) is 0 Å². The third kappa shape index (κ3) is 6.43. The summed E-state index contributed by atoms with van der Waals surface area (Å²) in [6, 6.07) is 14.1. The highest BCUT2D eigenvalue weighted by atomic mass is 35.5. The average Bonchev–Trinajstić information content (AvgIpc) is 3.30. The summed E-state index contributed by atoms with van der Waals surface area (Å²) in [6.07, 6.45) is -0.0629. The van der Waals surface area contributed by atoms with Crippen LogP contribution in [0, 0.1) is 0 Å². The summed E-state index contributed by atoms with van der Waals surface area (Å²) in [5.74, 6) is 1.49. The number of benzene rings is 2. The van der Waals surface area contributed by atoms with Crippen LogP contribution < -0.4 is 19.5 Å². The molecule has 0 atom stereocenters. The number of amides is 1. The molecule has 0 spiro atoms. The summed E-state index contributed by atoms with van der Waals surface area (Å²) in [7, 11) is 4.47. The van der Waals surface area contributed by atoms with E-state index in [1.54, 1.807) is 30.3 Å². The highest BCUT2D eigenvalue weighted by molar-refractivity contribution is 6.30. The molecule has 3 aromatic rings. The number of hydrogen-bond acceptors (Lipinski definition) is 7. The minimum Gasteiger partial charge on any atom is -0.493 e. The lowest BCUT2D eigenvalue weighted by molar-refractivity contribution is -0.147. The molecule has 1 amide bonds. The topological polar surface area (TPSA) is 96.2 Å². The molecule has 1 N–H and O–H groups in total. The molecule has 0 fully saturated rings. The second-order valence-corrected chi connectivity index (χ2v) is 7.36. The van der Waals surface area contributed by atoms with Gasteiger partial charge in [0, 0.05) is 10.6 Å². The normalized spacial score (nSPS) is 10.4. The van der Waals surface area contributed by atoms with Crippen LogP contribution in [0.2, 0.25) is 5.02 Å². The highest BCUT2D eigenvalue weighted by Crippen LogP contribution is 2.38. The van der Waals surface area contributed by atoms with Gasteiger partial charge in [-0.2, -0.15) is 0 Å². The van der Waals surface area contributed by atoms with E-state index in [-0.39, 0.29) is 13.0 Å². The van der Waals surface area contributed by atoms with Crippen LogP contribution >= 0.6 is 11.6 Å². The van der Waals surface area contributed by atoms with Gasteiger partial charge in [-0.05, 0) is 54.1 Å². The van der Waals surface area contributed by atoms with Gasteiger partial charge in [0.25, 0.3) is 5.91 Å². The average molecular weight is 474 g/mol. The lowest BCUT2D eigenvalue weighted by Crippen LogP contribution is -2.28. The van der Waals surface area contributed by atoms with Gasteiger partial charge in [-0.3, -0.25) is 9.59 Å². The minimum atomic E-state index is -0.567. The van der Waals surface area contributed by atoms with Crippen molar-refractivity contribution < 1.29 is 33.0 Å². The molecule has 8 nitrogen and oxygen atoms in total. The number of rotatable bonds is 10.